The third kappa shape index (κ3) is 2.93. The van der Waals surface area contributed by atoms with E-state index in [-0.39, 0.29) is 0 Å². The number of halogens is 1. The van der Waals surface area contributed by atoms with Gasteiger partial charge in [0, 0.05) is 45.1 Å². The predicted octanol–water partition coefficient (Wildman–Crippen LogP) is 0.738. The van der Waals surface area contributed by atoms with E-state index in [1.165, 1.54) is 0 Å². The monoisotopic (exact) mass is 364 g/mol. The van der Waals surface area contributed by atoms with Crippen molar-refractivity contribution < 1.29 is 8.42 Å². The number of nitrogens with zero attached hydrogens (tertiary/aromatic N) is 4. The Balaban J connectivity index is 2.20. The molecule has 1 fully saturated rings. The molecule has 1 aromatic rings. The van der Waals surface area contributed by atoms with Crippen LogP contribution >= 0.6 is 15.9 Å². The SMILES string of the molecule is Cc1nn(C)c(C)c1S(=O)(=O)N1CCN(CCBr)CC1. The van der Waals surface area contributed by atoms with E-state index in [1.807, 2.05) is 0 Å². The number of hydrogen-bond donors (Lipinski definition) is 0. The van der Waals surface area contributed by atoms with Crippen molar-refractivity contribution in [2.45, 2.75) is 18.7 Å². The average molecular weight is 365 g/mol. The molecular weight excluding hydrogens is 344 g/mol. The molecule has 0 N–H and O–H groups in total. The summed E-state index contributed by atoms with van der Waals surface area (Å²) >= 11 is 3.41. The van der Waals surface area contributed by atoms with Crippen molar-refractivity contribution in [1.29, 1.82) is 0 Å². The molecule has 1 saturated heterocycles. The Morgan fingerprint density at radius 3 is 2.25 bits per heavy atom. The van der Waals surface area contributed by atoms with Crippen LogP contribution in [0.2, 0.25) is 0 Å². The number of rotatable bonds is 4. The zero-order chi connectivity index (χ0) is 14.9. The van der Waals surface area contributed by atoms with Gasteiger partial charge in [-0.25, -0.2) is 8.42 Å². The number of aromatic nitrogens is 2. The van der Waals surface area contributed by atoms with E-state index in [1.54, 1.807) is 29.9 Å². The molecule has 0 radical (unpaired) electrons. The summed E-state index contributed by atoms with van der Waals surface area (Å²) < 4.78 is 28.7. The highest BCUT2D eigenvalue weighted by Crippen LogP contribution is 2.23. The van der Waals surface area contributed by atoms with Crippen LogP contribution in [0, 0.1) is 13.8 Å². The maximum atomic E-state index is 12.8. The predicted molar refractivity (Wildman–Crippen MR) is 81.7 cm³/mol. The summed E-state index contributed by atoms with van der Waals surface area (Å²) in [6.07, 6.45) is 0. The summed E-state index contributed by atoms with van der Waals surface area (Å²) in [5.41, 5.74) is 1.28. The Labute approximate surface area is 128 Å². The van der Waals surface area contributed by atoms with Crippen LogP contribution in [-0.2, 0) is 17.1 Å². The van der Waals surface area contributed by atoms with Gasteiger partial charge in [-0.1, -0.05) is 15.9 Å². The molecule has 1 aliphatic rings. The largest absolute Gasteiger partial charge is 0.300 e. The van der Waals surface area contributed by atoms with Crippen LogP contribution in [-0.4, -0.2) is 65.5 Å². The van der Waals surface area contributed by atoms with Crippen LogP contribution in [0.3, 0.4) is 0 Å². The van der Waals surface area contributed by atoms with Crippen LogP contribution < -0.4 is 0 Å². The van der Waals surface area contributed by atoms with Gasteiger partial charge in [0.25, 0.3) is 0 Å². The minimum absolute atomic E-state index is 0.369. The van der Waals surface area contributed by atoms with Crippen molar-refractivity contribution in [3.8, 4) is 0 Å². The van der Waals surface area contributed by atoms with E-state index < -0.39 is 10.0 Å². The van der Waals surface area contributed by atoms with Gasteiger partial charge in [-0.05, 0) is 13.8 Å². The summed E-state index contributed by atoms with van der Waals surface area (Å²) in [6, 6.07) is 0. The molecule has 1 aromatic heterocycles. The molecule has 0 aliphatic carbocycles. The summed E-state index contributed by atoms with van der Waals surface area (Å²) in [6.45, 7) is 7.16. The van der Waals surface area contributed by atoms with E-state index in [0.29, 0.717) is 29.4 Å². The van der Waals surface area contributed by atoms with Crippen LogP contribution in [0.4, 0.5) is 0 Å². The standard InChI is InChI=1S/C12H21BrN4O2S/c1-10-12(11(2)15(3)14-10)20(18,19)17-8-6-16(5-4-13)7-9-17/h4-9H2,1-3H3. The fourth-order valence-electron chi connectivity index (χ4n) is 2.57. The lowest BCUT2D eigenvalue weighted by Gasteiger charge is -2.33. The number of alkyl halides is 1. The topological polar surface area (TPSA) is 58.4 Å². The van der Waals surface area contributed by atoms with Gasteiger partial charge in [0.1, 0.15) is 4.90 Å². The molecule has 0 unspecified atom stereocenters. The Hall–Kier alpha value is -0.440. The molecule has 0 spiro atoms. The van der Waals surface area contributed by atoms with Crippen molar-refractivity contribution in [2.24, 2.45) is 7.05 Å². The maximum Gasteiger partial charge on any atom is 0.246 e. The van der Waals surface area contributed by atoms with Crippen LogP contribution in [0.25, 0.3) is 0 Å². The van der Waals surface area contributed by atoms with E-state index in [9.17, 15) is 8.42 Å². The third-order valence-electron chi connectivity index (χ3n) is 3.77. The summed E-state index contributed by atoms with van der Waals surface area (Å²) in [5, 5.41) is 5.13. The first-order valence-corrected chi connectivity index (χ1v) is 9.22. The minimum atomic E-state index is -3.43. The lowest BCUT2D eigenvalue weighted by atomic mass is 10.4. The highest BCUT2D eigenvalue weighted by Gasteiger charge is 2.32. The molecule has 1 aliphatic heterocycles. The van der Waals surface area contributed by atoms with E-state index in [0.717, 1.165) is 25.0 Å². The van der Waals surface area contributed by atoms with Crippen molar-refractivity contribution in [3.63, 3.8) is 0 Å². The number of hydrogen-bond acceptors (Lipinski definition) is 4. The molecule has 6 nitrogen and oxygen atoms in total. The molecule has 0 aromatic carbocycles. The molecule has 2 rings (SSSR count). The van der Waals surface area contributed by atoms with Crippen molar-refractivity contribution in [1.82, 2.24) is 19.0 Å². The summed E-state index contributed by atoms with van der Waals surface area (Å²) in [4.78, 5) is 2.64. The zero-order valence-electron chi connectivity index (χ0n) is 12.1. The highest BCUT2D eigenvalue weighted by atomic mass is 79.9. The normalized spacial score (nSPS) is 18.6. The smallest absolute Gasteiger partial charge is 0.246 e. The molecule has 20 heavy (non-hydrogen) atoms. The first-order chi connectivity index (χ1) is 9.37. The summed E-state index contributed by atoms with van der Waals surface area (Å²) in [5.74, 6) is 0. The number of sulfonamides is 1. The maximum absolute atomic E-state index is 12.8. The molecule has 0 saturated carbocycles. The lowest BCUT2D eigenvalue weighted by molar-refractivity contribution is 0.198. The second-order valence-electron chi connectivity index (χ2n) is 5.06. The lowest BCUT2D eigenvalue weighted by Crippen LogP contribution is -2.49. The van der Waals surface area contributed by atoms with Crippen LogP contribution in [0.5, 0.6) is 0 Å². The average Bonchev–Trinajstić information content (AvgIpc) is 2.64. The molecule has 114 valence electrons. The molecule has 2 heterocycles. The quantitative estimate of drug-likeness (QED) is 0.739. The van der Waals surface area contributed by atoms with E-state index in [4.69, 9.17) is 0 Å². The van der Waals surface area contributed by atoms with Gasteiger partial charge in [0.2, 0.25) is 10.0 Å². The van der Waals surface area contributed by atoms with E-state index in [2.05, 4.69) is 25.9 Å². The number of aryl methyl sites for hydroxylation is 2. The second-order valence-corrected chi connectivity index (χ2v) is 7.73. The van der Waals surface area contributed by atoms with Gasteiger partial charge >= 0.3 is 0 Å². The van der Waals surface area contributed by atoms with Gasteiger partial charge in [0.15, 0.2) is 0 Å². The minimum Gasteiger partial charge on any atom is -0.300 e. The van der Waals surface area contributed by atoms with Gasteiger partial charge in [-0.2, -0.15) is 9.40 Å². The Morgan fingerprint density at radius 2 is 1.80 bits per heavy atom. The van der Waals surface area contributed by atoms with Crippen LogP contribution in [0.1, 0.15) is 11.4 Å². The van der Waals surface area contributed by atoms with E-state index >= 15 is 0 Å². The third-order valence-corrected chi connectivity index (χ3v) is 6.28. The van der Waals surface area contributed by atoms with Gasteiger partial charge < -0.3 is 0 Å². The molecule has 0 atom stereocenters. The fraction of sp³-hybridized carbons (Fsp3) is 0.750. The molecular formula is C12H21BrN4O2S. The van der Waals surface area contributed by atoms with Crippen molar-refractivity contribution >= 4 is 26.0 Å². The second kappa shape index (κ2) is 6.13. The van der Waals surface area contributed by atoms with Gasteiger partial charge in [-0.3, -0.25) is 9.58 Å². The summed E-state index contributed by atoms with van der Waals surface area (Å²) in [7, 11) is -1.66. The first kappa shape index (κ1) is 15.9. The fourth-order valence-corrected chi connectivity index (χ4v) is 4.89. The Bertz CT molecular complexity index is 577. The van der Waals surface area contributed by atoms with Crippen LogP contribution in [0.15, 0.2) is 4.90 Å². The van der Waals surface area contributed by atoms with Gasteiger partial charge in [-0.15, -0.1) is 0 Å². The Morgan fingerprint density at radius 1 is 1.20 bits per heavy atom. The highest BCUT2D eigenvalue weighted by molar-refractivity contribution is 9.09. The van der Waals surface area contributed by atoms with Crippen molar-refractivity contribution in [2.75, 3.05) is 38.1 Å². The van der Waals surface area contributed by atoms with Gasteiger partial charge in [0.05, 0.1) is 11.4 Å². The molecule has 0 bridgehead atoms. The zero-order valence-corrected chi connectivity index (χ0v) is 14.5. The molecule has 8 heteroatoms. The Kier molecular flexibility index (Phi) is 4.88. The number of piperazine rings is 1. The molecule has 0 amide bonds. The first-order valence-electron chi connectivity index (χ1n) is 6.66. The van der Waals surface area contributed by atoms with Crippen molar-refractivity contribution in [3.05, 3.63) is 11.4 Å².